The molecule has 0 bridgehead atoms. The minimum atomic E-state index is -0.974. The fraction of sp³-hybridized carbons (Fsp3) is 0.591. The molecule has 0 saturated heterocycles. The number of unbranched alkanes of at least 4 members (excludes halogenated alkanes) is 2. The van der Waals surface area contributed by atoms with Crippen molar-refractivity contribution < 1.29 is 19.7 Å². The van der Waals surface area contributed by atoms with Crippen LogP contribution in [0.2, 0.25) is 0 Å². The predicted molar refractivity (Wildman–Crippen MR) is 102 cm³/mol. The van der Waals surface area contributed by atoms with Crippen molar-refractivity contribution in [2.45, 2.75) is 77.7 Å². The average Bonchev–Trinajstić information content (AvgIpc) is 2.53. The third-order valence-corrected chi connectivity index (χ3v) is 5.98. The van der Waals surface area contributed by atoms with Crippen molar-refractivity contribution in [3.8, 4) is 11.5 Å². The molecule has 3 rings (SSSR count). The largest absolute Gasteiger partial charge is 0.507 e. The number of carbonyl (C=O) groups is 1. The molecule has 0 amide bonds. The minimum absolute atomic E-state index is 0.00490. The van der Waals surface area contributed by atoms with Crippen molar-refractivity contribution in [2.24, 2.45) is 5.92 Å². The number of ether oxygens (including phenoxy) is 1. The summed E-state index contributed by atoms with van der Waals surface area (Å²) in [6.45, 7) is 8.29. The zero-order valence-corrected chi connectivity index (χ0v) is 16.3. The second-order valence-electron chi connectivity index (χ2n) is 8.32. The highest BCUT2D eigenvalue weighted by atomic mass is 16.5. The molecule has 0 fully saturated rings. The van der Waals surface area contributed by atoms with Gasteiger partial charge in [0.1, 0.15) is 22.7 Å². The van der Waals surface area contributed by atoms with E-state index in [-0.39, 0.29) is 23.1 Å². The summed E-state index contributed by atoms with van der Waals surface area (Å²) in [5, 5.41) is 20.7. The van der Waals surface area contributed by atoms with E-state index in [1.807, 2.05) is 13.8 Å². The van der Waals surface area contributed by atoms with E-state index in [2.05, 4.69) is 19.9 Å². The molecular formula is C22H30O4. The Kier molecular flexibility index (Phi) is 5.05. The average molecular weight is 358 g/mol. The van der Waals surface area contributed by atoms with Crippen LogP contribution >= 0.6 is 0 Å². The Balaban J connectivity index is 2.18. The topological polar surface area (TPSA) is 66.8 Å². The highest BCUT2D eigenvalue weighted by Crippen LogP contribution is 2.54. The highest BCUT2D eigenvalue weighted by Gasteiger charge is 2.47. The predicted octanol–water partition coefficient (Wildman–Crippen LogP) is 5.43. The molecule has 0 saturated carbocycles. The van der Waals surface area contributed by atoms with Crippen molar-refractivity contribution in [1.29, 1.82) is 0 Å². The zero-order valence-electron chi connectivity index (χ0n) is 16.3. The lowest BCUT2D eigenvalue weighted by molar-refractivity contribution is 0.00917. The smallest absolute Gasteiger partial charge is 0.339 e. The molecule has 0 spiro atoms. The first-order chi connectivity index (χ1) is 12.3. The quantitative estimate of drug-likeness (QED) is 0.544. The van der Waals surface area contributed by atoms with Gasteiger partial charge in [0.15, 0.2) is 0 Å². The van der Waals surface area contributed by atoms with Gasteiger partial charge in [0.2, 0.25) is 0 Å². The maximum absolute atomic E-state index is 12.1. The summed E-state index contributed by atoms with van der Waals surface area (Å²) in [7, 11) is 0. The number of phenols is 1. The van der Waals surface area contributed by atoms with Crippen LogP contribution in [0.25, 0.3) is 0 Å². The number of rotatable bonds is 5. The van der Waals surface area contributed by atoms with Crippen LogP contribution in [0, 0.1) is 5.92 Å². The molecule has 0 aromatic heterocycles. The second kappa shape index (κ2) is 6.98. The number of aromatic carboxylic acids is 1. The molecule has 1 aromatic rings. The fourth-order valence-electron chi connectivity index (χ4n) is 4.61. The highest BCUT2D eigenvalue weighted by molar-refractivity contribution is 5.94. The molecular weight excluding hydrogens is 328 g/mol. The molecule has 2 aliphatic rings. The Hall–Kier alpha value is -1.97. The van der Waals surface area contributed by atoms with Crippen LogP contribution in [-0.2, 0) is 6.42 Å². The van der Waals surface area contributed by atoms with Gasteiger partial charge in [0.05, 0.1) is 0 Å². The van der Waals surface area contributed by atoms with Crippen LogP contribution < -0.4 is 4.74 Å². The Bertz CT molecular complexity index is 745. The monoisotopic (exact) mass is 358 g/mol. The molecule has 4 heteroatoms. The number of carboxylic acids is 1. The van der Waals surface area contributed by atoms with Gasteiger partial charge in [0, 0.05) is 17.4 Å². The van der Waals surface area contributed by atoms with Crippen molar-refractivity contribution >= 4 is 5.97 Å². The first kappa shape index (κ1) is 18.8. The number of aryl methyl sites for hydroxylation is 1. The van der Waals surface area contributed by atoms with Gasteiger partial charge in [-0.05, 0) is 58.1 Å². The number of fused-ring (bicyclic) bond motifs is 3. The molecule has 4 nitrogen and oxygen atoms in total. The number of allylic oxidation sites excluding steroid dienone is 2. The van der Waals surface area contributed by atoms with Crippen molar-refractivity contribution in [2.75, 3.05) is 0 Å². The number of benzene rings is 1. The molecule has 2 atom stereocenters. The summed E-state index contributed by atoms with van der Waals surface area (Å²) in [5.41, 5.74) is 2.39. The Morgan fingerprint density at radius 1 is 1.35 bits per heavy atom. The van der Waals surface area contributed by atoms with E-state index in [9.17, 15) is 15.0 Å². The van der Waals surface area contributed by atoms with Gasteiger partial charge in [-0.25, -0.2) is 4.79 Å². The number of aromatic hydroxyl groups is 1. The third kappa shape index (κ3) is 3.22. The zero-order chi connectivity index (χ0) is 19.1. The number of hydrogen-bond donors (Lipinski definition) is 2. The molecule has 1 aliphatic carbocycles. The van der Waals surface area contributed by atoms with E-state index in [0.29, 0.717) is 23.3 Å². The molecule has 1 aromatic carbocycles. The van der Waals surface area contributed by atoms with Crippen molar-refractivity contribution in [3.63, 3.8) is 0 Å². The van der Waals surface area contributed by atoms with E-state index >= 15 is 0 Å². The van der Waals surface area contributed by atoms with E-state index in [1.165, 1.54) is 5.57 Å². The molecule has 1 heterocycles. The van der Waals surface area contributed by atoms with Crippen LogP contribution in [0.3, 0.4) is 0 Å². The summed E-state index contributed by atoms with van der Waals surface area (Å²) >= 11 is 0. The normalized spacial score (nSPS) is 23.5. The summed E-state index contributed by atoms with van der Waals surface area (Å²) in [5.74, 6) is -0.185. The lowest BCUT2D eigenvalue weighted by atomic mass is 9.67. The minimum Gasteiger partial charge on any atom is -0.507 e. The van der Waals surface area contributed by atoms with E-state index in [4.69, 9.17) is 4.74 Å². The fourth-order valence-corrected chi connectivity index (χ4v) is 4.61. The van der Waals surface area contributed by atoms with Crippen LogP contribution in [0.5, 0.6) is 11.5 Å². The van der Waals surface area contributed by atoms with Gasteiger partial charge in [0.25, 0.3) is 0 Å². The van der Waals surface area contributed by atoms with Crippen LogP contribution in [0.15, 0.2) is 17.7 Å². The Morgan fingerprint density at radius 3 is 2.73 bits per heavy atom. The summed E-state index contributed by atoms with van der Waals surface area (Å²) in [4.78, 5) is 12.1. The van der Waals surface area contributed by atoms with Gasteiger partial charge >= 0.3 is 5.97 Å². The lowest BCUT2D eigenvalue weighted by Crippen LogP contribution is -2.45. The second-order valence-corrected chi connectivity index (χ2v) is 8.32. The summed E-state index contributed by atoms with van der Waals surface area (Å²) in [6.07, 6.45) is 7.85. The number of phenolic OH excluding ortho intramolecular Hbond substituents is 1. The van der Waals surface area contributed by atoms with E-state index in [0.717, 1.165) is 32.1 Å². The van der Waals surface area contributed by atoms with E-state index < -0.39 is 11.6 Å². The van der Waals surface area contributed by atoms with Gasteiger partial charge in [-0.3, -0.25) is 0 Å². The van der Waals surface area contributed by atoms with Crippen LogP contribution in [0.1, 0.15) is 87.2 Å². The van der Waals surface area contributed by atoms with Gasteiger partial charge in [-0.15, -0.1) is 0 Å². The van der Waals surface area contributed by atoms with Gasteiger partial charge in [-0.2, -0.15) is 0 Å². The molecule has 142 valence electrons. The summed E-state index contributed by atoms with van der Waals surface area (Å²) in [6, 6.07) is 1.66. The number of carboxylic acid groups (broad SMARTS) is 1. The van der Waals surface area contributed by atoms with E-state index in [1.54, 1.807) is 6.07 Å². The maximum Gasteiger partial charge on any atom is 0.339 e. The lowest BCUT2D eigenvalue weighted by Gasteiger charge is -2.47. The van der Waals surface area contributed by atoms with Gasteiger partial charge < -0.3 is 14.9 Å². The maximum atomic E-state index is 12.1. The standard InChI is InChI=1S/C22H30O4/c1-5-6-7-8-14-12-17(23)19-15-11-13(2)9-10-16(15)22(3,4)26-20(19)18(14)21(24)25/h11-12,15-16,23H,5-10H2,1-4H3,(H,24,25)/t15-,16?/m1/s1. The summed E-state index contributed by atoms with van der Waals surface area (Å²) < 4.78 is 6.27. The molecule has 0 radical (unpaired) electrons. The van der Waals surface area contributed by atoms with Crippen molar-refractivity contribution in [1.82, 2.24) is 0 Å². The molecule has 1 aliphatic heterocycles. The Labute approximate surface area is 155 Å². The molecule has 2 N–H and O–H groups in total. The van der Waals surface area contributed by atoms with Gasteiger partial charge in [-0.1, -0.05) is 31.4 Å². The third-order valence-electron chi connectivity index (χ3n) is 5.98. The van der Waals surface area contributed by atoms with Crippen LogP contribution in [0.4, 0.5) is 0 Å². The van der Waals surface area contributed by atoms with Crippen molar-refractivity contribution in [3.05, 3.63) is 34.4 Å². The SMILES string of the molecule is CCCCCc1cc(O)c2c(c1C(=O)O)OC(C)(C)C1CCC(C)=C[C@@H]21. The van der Waals surface area contributed by atoms with Crippen LogP contribution in [-0.4, -0.2) is 21.8 Å². The first-order valence-electron chi connectivity index (χ1n) is 9.74. The molecule has 26 heavy (non-hydrogen) atoms. The Morgan fingerprint density at radius 2 is 2.08 bits per heavy atom. The molecule has 1 unspecified atom stereocenters. The first-order valence-corrected chi connectivity index (χ1v) is 9.74. The number of hydrogen-bond acceptors (Lipinski definition) is 3.